The summed E-state index contributed by atoms with van der Waals surface area (Å²) in [6.45, 7) is 0.293. The molecule has 1 fully saturated rings. The van der Waals surface area contributed by atoms with Crippen molar-refractivity contribution < 1.29 is 14.3 Å². The van der Waals surface area contributed by atoms with E-state index in [1.807, 2.05) is 0 Å². The molecule has 1 aromatic carbocycles. The van der Waals surface area contributed by atoms with Crippen molar-refractivity contribution in [2.75, 3.05) is 12.3 Å². The van der Waals surface area contributed by atoms with E-state index in [0.29, 0.717) is 17.4 Å². The molecule has 1 amide bonds. The number of thioether (sulfide) groups is 1. The molecule has 0 bridgehead atoms. The van der Waals surface area contributed by atoms with Gasteiger partial charge in [0, 0.05) is 11.4 Å². The monoisotopic (exact) mass is 269 g/mol. The molecule has 18 heavy (non-hydrogen) atoms. The van der Waals surface area contributed by atoms with E-state index in [0.717, 1.165) is 24.6 Å². The Morgan fingerprint density at radius 1 is 1.50 bits per heavy atom. The van der Waals surface area contributed by atoms with Gasteiger partial charge in [0.25, 0.3) is 0 Å². The first-order chi connectivity index (χ1) is 8.66. The molecule has 0 saturated heterocycles. The normalized spacial score (nSPS) is 16.3. The summed E-state index contributed by atoms with van der Waals surface area (Å²) in [4.78, 5) is 12.0. The van der Waals surface area contributed by atoms with E-state index < -0.39 is 6.10 Å². The topological polar surface area (TPSA) is 49.3 Å². The van der Waals surface area contributed by atoms with Gasteiger partial charge in [-0.25, -0.2) is 4.39 Å². The van der Waals surface area contributed by atoms with Crippen LogP contribution in [0.5, 0.6) is 0 Å². The highest BCUT2D eigenvalue weighted by Crippen LogP contribution is 2.32. The maximum absolute atomic E-state index is 13.3. The predicted molar refractivity (Wildman–Crippen MR) is 68.9 cm³/mol. The molecule has 3 nitrogen and oxygen atoms in total. The van der Waals surface area contributed by atoms with Gasteiger partial charge in [0.1, 0.15) is 5.82 Å². The van der Waals surface area contributed by atoms with Crippen molar-refractivity contribution in [3.05, 3.63) is 30.1 Å². The van der Waals surface area contributed by atoms with Gasteiger partial charge in [0.2, 0.25) is 5.91 Å². The van der Waals surface area contributed by atoms with E-state index in [-0.39, 0.29) is 17.5 Å². The number of carbonyl (C=O) groups excluding carboxylic acids is 1. The second-order valence-corrected chi connectivity index (χ2v) is 5.45. The minimum absolute atomic E-state index is 0.165. The molecule has 1 aliphatic rings. The summed E-state index contributed by atoms with van der Waals surface area (Å²) in [6, 6.07) is 6.37. The highest BCUT2D eigenvalue weighted by Gasteiger charge is 2.29. The van der Waals surface area contributed by atoms with Gasteiger partial charge in [-0.1, -0.05) is 12.1 Å². The van der Waals surface area contributed by atoms with Gasteiger partial charge < -0.3 is 10.4 Å². The fourth-order valence-corrected chi connectivity index (χ4v) is 2.39. The zero-order valence-electron chi connectivity index (χ0n) is 9.93. The number of halogens is 1. The van der Waals surface area contributed by atoms with Crippen LogP contribution >= 0.6 is 11.8 Å². The molecule has 1 unspecified atom stereocenters. The fourth-order valence-electron chi connectivity index (χ4n) is 1.62. The molecular formula is C13H16FNO2S. The minimum Gasteiger partial charge on any atom is -0.391 e. The second kappa shape index (κ2) is 6.20. The summed E-state index contributed by atoms with van der Waals surface area (Å²) < 4.78 is 13.3. The molecule has 1 aliphatic carbocycles. The first kappa shape index (κ1) is 13.4. The van der Waals surface area contributed by atoms with Crippen LogP contribution in [0.15, 0.2) is 29.2 Å². The number of hydrogen-bond acceptors (Lipinski definition) is 3. The average Bonchev–Trinajstić information content (AvgIpc) is 3.19. The summed E-state index contributed by atoms with van der Waals surface area (Å²) >= 11 is 1.16. The standard InChI is InChI=1S/C13H16FNO2S/c14-10-3-1-2-4-12(10)18-8-13(17)15-7-11(16)9-5-6-9/h1-4,9,11,16H,5-8H2,(H,15,17). The van der Waals surface area contributed by atoms with Gasteiger partial charge >= 0.3 is 0 Å². The van der Waals surface area contributed by atoms with Crippen molar-refractivity contribution in [2.24, 2.45) is 5.92 Å². The van der Waals surface area contributed by atoms with Crippen molar-refractivity contribution in [2.45, 2.75) is 23.8 Å². The molecule has 2 N–H and O–H groups in total. The van der Waals surface area contributed by atoms with Gasteiger partial charge in [0.15, 0.2) is 0 Å². The van der Waals surface area contributed by atoms with Crippen molar-refractivity contribution in [1.82, 2.24) is 5.32 Å². The van der Waals surface area contributed by atoms with E-state index in [4.69, 9.17) is 0 Å². The molecule has 0 aliphatic heterocycles. The number of benzene rings is 1. The summed E-state index contributed by atoms with van der Waals surface area (Å²) in [5.74, 6) is 0.0268. The van der Waals surface area contributed by atoms with Crippen LogP contribution in [-0.4, -0.2) is 29.4 Å². The summed E-state index contributed by atoms with van der Waals surface area (Å²) in [5.41, 5.74) is 0. The number of aliphatic hydroxyl groups is 1. The average molecular weight is 269 g/mol. The van der Waals surface area contributed by atoms with Crippen LogP contribution in [0.25, 0.3) is 0 Å². The smallest absolute Gasteiger partial charge is 0.230 e. The van der Waals surface area contributed by atoms with Crippen molar-refractivity contribution in [3.63, 3.8) is 0 Å². The second-order valence-electron chi connectivity index (χ2n) is 4.43. The van der Waals surface area contributed by atoms with Gasteiger partial charge in [0.05, 0.1) is 11.9 Å². The lowest BCUT2D eigenvalue weighted by molar-refractivity contribution is -0.119. The number of nitrogens with one attached hydrogen (secondary N) is 1. The van der Waals surface area contributed by atoms with Crippen LogP contribution in [0.4, 0.5) is 4.39 Å². The zero-order valence-corrected chi connectivity index (χ0v) is 10.8. The maximum Gasteiger partial charge on any atom is 0.230 e. The first-order valence-corrected chi connectivity index (χ1v) is 6.97. The summed E-state index contributed by atoms with van der Waals surface area (Å²) in [7, 11) is 0. The van der Waals surface area contributed by atoms with Crippen LogP contribution < -0.4 is 5.32 Å². The van der Waals surface area contributed by atoms with Crippen LogP contribution in [0, 0.1) is 11.7 Å². The lowest BCUT2D eigenvalue weighted by Gasteiger charge is -2.10. The van der Waals surface area contributed by atoms with Gasteiger partial charge in [-0.15, -0.1) is 11.8 Å². The number of aliphatic hydroxyl groups excluding tert-OH is 1. The Kier molecular flexibility index (Phi) is 4.60. The van der Waals surface area contributed by atoms with E-state index in [9.17, 15) is 14.3 Å². The lowest BCUT2D eigenvalue weighted by atomic mass is 10.2. The van der Waals surface area contributed by atoms with Gasteiger partial charge in [-0.3, -0.25) is 4.79 Å². The van der Waals surface area contributed by atoms with Crippen molar-refractivity contribution in [3.8, 4) is 0 Å². The Bertz CT molecular complexity index is 423. The van der Waals surface area contributed by atoms with Crippen molar-refractivity contribution in [1.29, 1.82) is 0 Å². The van der Waals surface area contributed by atoms with E-state index >= 15 is 0 Å². The molecule has 5 heteroatoms. The molecular weight excluding hydrogens is 253 g/mol. The molecule has 2 rings (SSSR count). The number of amides is 1. The van der Waals surface area contributed by atoms with Gasteiger partial charge in [-0.05, 0) is 30.9 Å². The zero-order chi connectivity index (χ0) is 13.0. The van der Waals surface area contributed by atoms with Crippen LogP contribution in [0.2, 0.25) is 0 Å². The number of hydrogen-bond donors (Lipinski definition) is 2. The van der Waals surface area contributed by atoms with Crippen LogP contribution in [0.3, 0.4) is 0 Å². The first-order valence-electron chi connectivity index (χ1n) is 5.99. The Morgan fingerprint density at radius 3 is 2.89 bits per heavy atom. The minimum atomic E-state index is -0.438. The highest BCUT2D eigenvalue weighted by atomic mass is 32.2. The number of rotatable bonds is 6. The number of carbonyl (C=O) groups is 1. The molecule has 1 aromatic rings. The maximum atomic E-state index is 13.3. The molecule has 1 atom stereocenters. The molecule has 0 aromatic heterocycles. The van der Waals surface area contributed by atoms with E-state index in [1.165, 1.54) is 6.07 Å². The van der Waals surface area contributed by atoms with Crippen molar-refractivity contribution >= 4 is 17.7 Å². The fraction of sp³-hybridized carbons (Fsp3) is 0.462. The van der Waals surface area contributed by atoms with Crippen LogP contribution in [0.1, 0.15) is 12.8 Å². The third-order valence-corrected chi connectivity index (χ3v) is 3.92. The Hall–Kier alpha value is -1.07. The third kappa shape index (κ3) is 3.99. The van der Waals surface area contributed by atoms with E-state index in [2.05, 4.69) is 5.32 Å². The SMILES string of the molecule is O=C(CSc1ccccc1F)NCC(O)C1CC1. The molecule has 98 valence electrons. The predicted octanol–water partition coefficient (Wildman–Crippen LogP) is 1.80. The Balaban J connectivity index is 1.69. The largest absolute Gasteiger partial charge is 0.391 e. The molecule has 0 heterocycles. The van der Waals surface area contributed by atoms with Gasteiger partial charge in [-0.2, -0.15) is 0 Å². The van der Waals surface area contributed by atoms with Crippen LogP contribution in [-0.2, 0) is 4.79 Å². The highest BCUT2D eigenvalue weighted by molar-refractivity contribution is 8.00. The lowest BCUT2D eigenvalue weighted by Crippen LogP contribution is -2.34. The molecule has 1 saturated carbocycles. The third-order valence-electron chi connectivity index (χ3n) is 2.87. The Morgan fingerprint density at radius 2 is 2.22 bits per heavy atom. The Labute approximate surface area is 110 Å². The summed E-state index contributed by atoms with van der Waals surface area (Å²) in [6.07, 6.45) is 1.65. The van der Waals surface area contributed by atoms with E-state index in [1.54, 1.807) is 18.2 Å². The summed E-state index contributed by atoms with van der Waals surface area (Å²) in [5, 5.41) is 12.2. The quantitative estimate of drug-likeness (QED) is 0.774. The molecule has 0 radical (unpaired) electrons. The molecule has 0 spiro atoms.